The highest BCUT2D eigenvalue weighted by Gasteiger charge is 2.47. The van der Waals surface area contributed by atoms with E-state index in [9.17, 15) is 18.0 Å². The van der Waals surface area contributed by atoms with Gasteiger partial charge in [0, 0.05) is 6.54 Å². The molecular weight excluding hydrogens is 223 g/mol. The molecule has 1 aliphatic rings. The molecule has 0 aromatic heterocycles. The van der Waals surface area contributed by atoms with Crippen LogP contribution in [-0.4, -0.2) is 36.9 Å². The van der Waals surface area contributed by atoms with Crippen molar-refractivity contribution in [2.45, 2.75) is 25.2 Å². The maximum absolute atomic E-state index is 12.2. The number of rotatable bonds is 1. The van der Waals surface area contributed by atoms with E-state index in [-0.39, 0.29) is 30.3 Å². The fourth-order valence-corrected chi connectivity index (χ4v) is 1.45. The number of esters is 1. The summed E-state index contributed by atoms with van der Waals surface area (Å²) in [6, 6.07) is -1.15. The van der Waals surface area contributed by atoms with Crippen molar-refractivity contribution >= 4 is 18.4 Å². The molecule has 1 unspecified atom stereocenters. The van der Waals surface area contributed by atoms with Gasteiger partial charge in [0.2, 0.25) is 0 Å². The Hall–Kier alpha value is -0.490. The number of methoxy groups -OCH3 is 1. The first-order valence-corrected chi connectivity index (χ1v) is 3.88. The highest BCUT2D eigenvalue weighted by Crippen LogP contribution is 2.30. The van der Waals surface area contributed by atoms with Crippen LogP contribution >= 0.6 is 12.4 Å². The molecule has 0 amide bonds. The fourth-order valence-electron chi connectivity index (χ4n) is 1.45. The van der Waals surface area contributed by atoms with Crippen molar-refractivity contribution in [1.82, 2.24) is 4.90 Å². The maximum Gasteiger partial charge on any atom is 0.460 e. The van der Waals surface area contributed by atoms with Gasteiger partial charge in [0.25, 0.3) is 0 Å². The standard InChI is InChI=1S/C7H10F3NO2.ClH/c1-13-6(12)5-3-2-4-11(5)7(8,9)10;/h5H,2-4H2,1H3;1H. The SMILES string of the molecule is COC(=O)C1CCCN1C(F)(F)F.Cl. The summed E-state index contributed by atoms with van der Waals surface area (Å²) in [4.78, 5) is 11.1. The molecule has 0 radical (unpaired) electrons. The summed E-state index contributed by atoms with van der Waals surface area (Å²) in [6.45, 7) is -0.122. The molecule has 14 heavy (non-hydrogen) atoms. The molecule has 7 heteroatoms. The van der Waals surface area contributed by atoms with Crippen LogP contribution < -0.4 is 0 Å². The zero-order chi connectivity index (χ0) is 10.1. The molecule has 0 spiro atoms. The summed E-state index contributed by atoms with van der Waals surface area (Å²) in [5.41, 5.74) is 0. The minimum atomic E-state index is -4.44. The number of carbonyl (C=O) groups excluding carboxylic acids is 1. The molecule has 1 atom stereocenters. The lowest BCUT2D eigenvalue weighted by atomic mass is 10.2. The van der Waals surface area contributed by atoms with E-state index in [1.165, 1.54) is 0 Å². The van der Waals surface area contributed by atoms with E-state index in [0.717, 1.165) is 7.11 Å². The second-order valence-electron chi connectivity index (χ2n) is 2.84. The van der Waals surface area contributed by atoms with Gasteiger partial charge in [0.1, 0.15) is 6.04 Å². The van der Waals surface area contributed by atoms with Crippen LogP contribution in [0.15, 0.2) is 0 Å². The molecule has 84 valence electrons. The van der Waals surface area contributed by atoms with Gasteiger partial charge in [-0.15, -0.1) is 12.4 Å². The van der Waals surface area contributed by atoms with E-state index in [0.29, 0.717) is 6.42 Å². The van der Waals surface area contributed by atoms with E-state index in [2.05, 4.69) is 4.74 Å². The first kappa shape index (κ1) is 13.5. The first-order chi connectivity index (χ1) is 5.96. The summed E-state index contributed by atoms with van der Waals surface area (Å²) in [5, 5.41) is 0. The monoisotopic (exact) mass is 233 g/mol. The number of hydrogen-bond acceptors (Lipinski definition) is 3. The van der Waals surface area contributed by atoms with Crippen LogP contribution in [0.1, 0.15) is 12.8 Å². The number of halogens is 4. The number of carbonyl (C=O) groups is 1. The summed E-state index contributed by atoms with van der Waals surface area (Å²) >= 11 is 0. The lowest BCUT2D eigenvalue weighted by molar-refractivity contribution is -0.251. The van der Waals surface area contributed by atoms with Crippen LogP contribution in [-0.2, 0) is 9.53 Å². The van der Waals surface area contributed by atoms with Gasteiger partial charge in [-0.05, 0) is 12.8 Å². The van der Waals surface area contributed by atoms with Crippen molar-refractivity contribution in [3.05, 3.63) is 0 Å². The number of ether oxygens (including phenoxy) is 1. The van der Waals surface area contributed by atoms with Gasteiger partial charge in [-0.1, -0.05) is 0 Å². The van der Waals surface area contributed by atoms with Crippen molar-refractivity contribution in [3.8, 4) is 0 Å². The number of likely N-dealkylation sites (tertiary alicyclic amines) is 1. The normalized spacial score (nSPS) is 23.0. The third-order valence-electron chi connectivity index (χ3n) is 2.05. The van der Waals surface area contributed by atoms with E-state index in [1.54, 1.807) is 0 Å². The van der Waals surface area contributed by atoms with Crippen LogP contribution in [0.5, 0.6) is 0 Å². The average Bonchev–Trinajstić information content (AvgIpc) is 2.49. The smallest absolute Gasteiger partial charge is 0.460 e. The Labute approximate surface area is 85.6 Å². The highest BCUT2D eigenvalue weighted by molar-refractivity contribution is 5.85. The molecule has 3 nitrogen and oxygen atoms in total. The Morgan fingerprint density at radius 2 is 2.07 bits per heavy atom. The molecule has 1 rings (SSSR count). The van der Waals surface area contributed by atoms with E-state index < -0.39 is 18.3 Å². The topological polar surface area (TPSA) is 29.5 Å². The molecule has 0 aromatic carbocycles. The Kier molecular flexibility index (Phi) is 4.67. The van der Waals surface area contributed by atoms with Crippen molar-refractivity contribution in [1.29, 1.82) is 0 Å². The minimum absolute atomic E-state index is 0. The van der Waals surface area contributed by atoms with Crippen LogP contribution in [0, 0.1) is 0 Å². The summed E-state index contributed by atoms with van der Waals surface area (Å²) in [6.07, 6.45) is -3.85. The largest absolute Gasteiger partial charge is 0.468 e. The van der Waals surface area contributed by atoms with E-state index in [1.807, 2.05) is 0 Å². The van der Waals surface area contributed by atoms with Crippen LogP contribution in [0.2, 0.25) is 0 Å². The predicted molar refractivity (Wildman–Crippen MR) is 45.0 cm³/mol. The van der Waals surface area contributed by atoms with Crippen LogP contribution in [0.25, 0.3) is 0 Å². The van der Waals surface area contributed by atoms with E-state index in [4.69, 9.17) is 0 Å². The Balaban J connectivity index is 0.00000169. The van der Waals surface area contributed by atoms with Gasteiger partial charge in [-0.25, -0.2) is 4.90 Å². The van der Waals surface area contributed by atoms with Gasteiger partial charge in [-0.2, -0.15) is 13.2 Å². The Morgan fingerprint density at radius 3 is 2.50 bits per heavy atom. The fraction of sp³-hybridized carbons (Fsp3) is 0.857. The van der Waals surface area contributed by atoms with Crippen molar-refractivity contribution in [2.75, 3.05) is 13.7 Å². The molecule has 1 aliphatic heterocycles. The molecular formula is C7H11ClF3NO2. The zero-order valence-corrected chi connectivity index (χ0v) is 8.32. The highest BCUT2D eigenvalue weighted by atomic mass is 35.5. The summed E-state index contributed by atoms with van der Waals surface area (Å²) in [7, 11) is 1.09. The molecule has 0 N–H and O–H groups in total. The third-order valence-corrected chi connectivity index (χ3v) is 2.05. The van der Waals surface area contributed by atoms with Gasteiger partial charge in [-0.3, -0.25) is 4.79 Å². The summed E-state index contributed by atoms with van der Waals surface area (Å²) in [5.74, 6) is -0.810. The van der Waals surface area contributed by atoms with Crippen LogP contribution in [0.4, 0.5) is 13.2 Å². The molecule has 1 fully saturated rings. The quantitative estimate of drug-likeness (QED) is 0.509. The molecule has 0 bridgehead atoms. The molecule has 1 heterocycles. The predicted octanol–water partition coefficient (Wildman–Crippen LogP) is 1.57. The number of hydrogen-bond donors (Lipinski definition) is 0. The average molecular weight is 234 g/mol. The number of nitrogens with zero attached hydrogens (tertiary/aromatic N) is 1. The zero-order valence-electron chi connectivity index (χ0n) is 7.50. The van der Waals surface area contributed by atoms with Gasteiger partial charge in [0.05, 0.1) is 7.11 Å². The van der Waals surface area contributed by atoms with E-state index >= 15 is 0 Å². The lowest BCUT2D eigenvalue weighted by Gasteiger charge is -2.24. The molecule has 0 saturated carbocycles. The minimum Gasteiger partial charge on any atom is -0.468 e. The summed E-state index contributed by atoms with van der Waals surface area (Å²) < 4.78 is 41.0. The lowest BCUT2D eigenvalue weighted by Crippen LogP contribution is -2.45. The first-order valence-electron chi connectivity index (χ1n) is 3.88. The molecule has 0 aliphatic carbocycles. The second-order valence-corrected chi connectivity index (χ2v) is 2.84. The Bertz CT molecular complexity index is 210. The van der Waals surface area contributed by atoms with Crippen molar-refractivity contribution in [3.63, 3.8) is 0 Å². The van der Waals surface area contributed by atoms with Crippen LogP contribution in [0.3, 0.4) is 0 Å². The maximum atomic E-state index is 12.2. The van der Waals surface area contributed by atoms with Crippen molar-refractivity contribution < 1.29 is 22.7 Å². The van der Waals surface area contributed by atoms with Gasteiger partial charge in [0.15, 0.2) is 0 Å². The van der Waals surface area contributed by atoms with Gasteiger partial charge >= 0.3 is 12.3 Å². The van der Waals surface area contributed by atoms with Crippen molar-refractivity contribution in [2.24, 2.45) is 0 Å². The molecule has 0 aromatic rings. The number of alkyl halides is 3. The third kappa shape index (κ3) is 2.75. The Morgan fingerprint density at radius 1 is 1.50 bits per heavy atom. The second kappa shape index (κ2) is 4.84. The molecule has 1 saturated heterocycles. The van der Waals surface area contributed by atoms with Gasteiger partial charge < -0.3 is 4.74 Å².